The molecule has 0 saturated heterocycles. The van der Waals surface area contributed by atoms with Crippen LogP contribution in [0.5, 0.6) is 17.2 Å². The molecule has 9 heteroatoms. The number of anilines is 1. The Kier molecular flexibility index (Phi) is 7.16. The highest BCUT2D eigenvalue weighted by Crippen LogP contribution is 2.32. The van der Waals surface area contributed by atoms with E-state index in [0.29, 0.717) is 36.1 Å². The van der Waals surface area contributed by atoms with Gasteiger partial charge < -0.3 is 19.5 Å². The fourth-order valence-corrected chi connectivity index (χ4v) is 5.15. The van der Waals surface area contributed by atoms with Crippen LogP contribution in [-0.4, -0.2) is 41.2 Å². The van der Waals surface area contributed by atoms with Crippen LogP contribution in [0.25, 0.3) is 0 Å². The van der Waals surface area contributed by atoms with Crippen LogP contribution in [0.2, 0.25) is 0 Å². The van der Waals surface area contributed by atoms with Gasteiger partial charge in [-0.3, -0.25) is 9.10 Å². The lowest BCUT2D eigenvalue weighted by atomic mass is 10.1. The van der Waals surface area contributed by atoms with Gasteiger partial charge in [0.1, 0.15) is 25.5 Å². The molecule has 0 fully saturated rings. The fraction of sp³-hybridized carbons (Fsp3) is 0.269. The van der Waals surface area contributed by atoms with Crippen LogP contribution < -0.4 is 23.8 Å². The second-order valence-electron chi connectivity index (χ2n) is 8.22. The Morgan fingerprint density at radius 2 is 1.66 bits per heavy atom. The van der Waals surface area contributed by atoms with Crippen molar-refractivity contribution in [1.82, 2.24) is 5.32 Å². The molecular formula is C26H28N2O6S. The van der Waals surface area contributed by atoms with E-state index in [-0.39, 0.29) is 17.5 Å². The van der Waals surface area contributed by atoms with Crippen molar-refractivity contribution in [1.29, 1.82) is 0 Å². The molecule has 4 rings (SSSR count). The summed E-state index contributed by atoms with van der Waals surface area (Å²) in [7, 11) is -2.51. The molecule has 0 radical (unpaired) electrons. The van der Waals surface area contributed by atoms with Crippen molar-refractivity contribution in [3.63, 3.8) is 0 Å². The molecule has 35 heavy (non-hydrogen) atoms. The van der Waals surface area contributed by atoms with Crippen LogP contribution in [0.3, 0.4) is 0 Å². The number of nitrogens with one attached hydrogen (secondary N) is 1. The van der Waals surface area contributed by atoms with Crippen LogP contribution in [0.15, 0.2) is 71.6 Å². The number of methoxy groups -OCH3 is 1. The number of amides is 1. The summed E-state index contributed by atoms with van der Waals surface area (Å²) < 4.78 is 44.5. The maximum absolute atomic E-state index is 13.5. The highest BCUT2D eigenvalue weighted by Gasteiger charge is 2.28. The predicted octanol–water partition coefficient (Wildman–Crippen LogP) is 3.85. The van der Waals surface area contributed by atoms with Gasteiger partial charge in [-0.15, -0.1) is 0 Å². The van der Waals surface area contributed by atoms with E-state index in [1.54, 1.807) is 30.3 Å². The maximum atomic E-state index is 13.5. The Morgan fingerprint density at radius 1 is 1.00 bits per heavy atom. The molecule has 1 amide bonds. The molecule has 1 N–H and O–H groups in total. The van der Waals surface area contributed by atoms with Gasteiger partial charge in [0.05, 0.1) is 23.7 Å². The standard InChI is InChI=1S/C26H28N2O6S/c1-18-4-7-21(8-5-18)28(35(30,31)23-11-9-22(32-3)10-12-23)17-26(29)27-19(2)20-6-13-24-25(16-20)34-15-14-33-24/h4-13,16,19H,14-15,17H2,1-3H3,(H,27,29)/t19-/m1/s1. The van der Waals surface area contributed by atoms with Crippen molar-refractivity contribution in [3.8, 4) is 17.2 Å². The smallest absolute Gasteiger partial charge is 0.264 e. The molecule has 3 aromatic carbocycles. The summed E-state index contributed by atoms with van der Waals surface area (Å²) in [5.41, 5.74) is 2.20. The number of sulfonamides is 1. The van der Waals surface area contributed by atoms with Gasteiger partial charge in [-0.2, -0.15) is 0 Å². The molecule has 0 aromatic heterocycles. The number of nitrogens with zero attached hydrogens (tertiary/aromatic N) is 1. The van der Waals surface area contributed by atoms with Crippen LogP contribution in [-0.2, 0) is 14.8 Å². The third-order valence-corrected chi connectivity index (χ3v) is 7.49. The summed E-state index contributed by atoms with van der Waals surface area (Å²) >= 11 is 0. The van der Waals surface area contributed by atoms with Crippen molar-refractivity contribution in [2.75, 3.05) is 31.2 Å². The molecule has 1 heterocycles. The summed E-state index contributed by atoms with van der Waals surface area (Å²) in [6, 6.07) is 18.2. The number of aryl methyl sites for hydroxylation is 1. The van der Waals surface area contributed by atoms with Crippen LogP contribution in [0.1, 0.15) is 24.1 Å². The minimum atomic E-state index is -4.02. The van der Waals surface area contributed by atoms with E-state index in [1.807, 2.05) is 38.1 Å². The zero-order valence-corrected chi connectivity index (χ0v) is 20.7. The van der Waals surface area contributed by atoms with E-state index < -0.39 is 15.9 Å². The predicted molar refractivity (Wildman–Crippen MR) is 133 cm³/mol. The van der Waals surface area contributed by atoms with Gasteiger partial charge in [-0.05, 0) is 67.9 Å². The highest BCUT2D eigenvalue weighted by molar-refractivity contribution is 7.92. The first kappa shape index (κ1) is 24.4. The summed E-state index contributed by atoms with van der Waals surface area (Å²) in [5.74, 6) is 1.38. The number of hydrogen-bond donors (Lipinski definition) is 1. The van der Waals surface area contributed by atoms with Crippen molar-refractivity contribution in [3.05, 3.63) is 77.9 Å². The third kappa shape index (κ3) is 5.51. The van der Waals surface area contributed by atoms with E-state index in [1.165, 1.54) is 19.2 Å². The Balaban J connectivity index is 1.56. The van der Waals surface area contributed by atoms with Crippen LogP contribution in [0, 0.1) is 6.92 Å². The van der Waals surface area contributed by atoms with Crippen LogP contribution in [0.4, 0.5) is 5.69 Å². The van der Waals surface area contributed by atoms with Gasteiger partial charge in [0.2, 0.25) is 5.91 Å². The molecule has 0 unspecified atom stereocenters. The number of rotatable bonds is 8. The lowest BCUT2D eigenvalue weighted by molar-refractivity contribution is -0.120. The molecule has 1 aliphatic heterocycles. The zero-order valence-electron chi connectivity index (χ0n) is 19.9. The monoisotopic (exact) mass is 496 g/mol. The van der Waals surface area contributed by atoms with E-state index >= 15 is 0 Å². The minimum absolute atomic E-state index is 0.0616. The summed E-state index contributed by atoms with van der Waals surface area (Å²) in [6.45, 7) is 4.32. The van der Waals surface area contributed by atoms with Crippen LogP contribution >= 0.6 is 0 Å². The number of fused-ring (bicyclic) bond motifs is 1. The van der Waals surface area contributed by atoms with Gasteiger partial charge in [0.15, 0.2) is 11.5 Å². The lowest BCUT2D eigenvalue weighted by Crippen LogP contribution is -2.41. The highest BCUT2D eigenvalue weighted by atomic mass is 32.2. The fourth-order valence-electron chi connectivity index (χ4n) is 3.73. The second kappa shape index (κ2) is 10.3. The molecule has 0 aliphatic carbocycles. The number of hydrogen-bond acceptors (Lipinski definition) is 6. The molecule has 1 atom stereocenters. The van der Waals surface area contributed by atoms with Crippen molar-refractivity contribution < 1.29 is 27.4 Å². The average molecular weight is 497 g/mol. The third-order valence-electron chi connectivity index (χ3n) is 5.70. The topological polar surface area (TPSA) is 94.2 Å². The summed E-state index contributed by atoms with van der Waals surface area (Å²) in [6.07, 6.45) is 0. The van der Waals surface area contributed by atoms with E-state index in [4.69, 9.17) is 14.2 Å². The normalized spacial score (nSPS) is 13.6. The zero-order chi connectivity index (χ0) is 25.0. The Hall–Kier alpha value is -3.72. The first-order valence-corrected chi connectivity index (χ1v) is 12.6. The van der Waals surface area contributed by atoms with Gasteiger partial charge in [-0.25, -0.2) is 8.42 Å². The van der Waals surface area contributed by atoms with E-state index in [0.717, 1.165) is 15.4 Å². The first-order valence-electron chi connectivity index (χ1n) is 11.2. The summed E-state index contributed by atoms with van der Waals surface area (Å²) in [5, 5.41) is 2.89. The number of benzene rings is 3. The molecule has 3 aromatic rings. The Labute approximate surface area is 205 Å². The minimum Gasteiger partial charge on any atom is -0.497 e. The molecule has 0 saturated carbocycles. The van der Waals surface area contributed by atoms with Gasteiger partial charge in [0, 0.05) is 0 Å². The van der Waals surface area contributed by atoms with Crippen molar-refractivity contribution >= 4 is 21.6 Å². The average Bonchev–Trinajstić information content (AvgIpc) is 2.87. The van der Waals surface area contributed by atoms with Crippen molar-refractivity contribution in [2.45, 2.75) is 24.8 Å². The molecule has 184 valence electrons. The number of ether oxygens (including phenoxy) is 3. The first-order chi connectivity index (χ1) is 16.8. The van der Waals surface area contributed by atoms with Gasteiger partial charge >= 0.3 is 0 Å². The second-order valence-corrected chi connectivity index (χ2v) is 10.1. The molecular weight excluding hydrogens is 468 g/mol. The largest absolute Gasteiger partial charge is 0.497 e. The quantitative estimate of drug-likeness (QED) is 0.509. The maximum Gasteiger partial charge on any atom is 0.264 e. The lowest BCUT2D eigenvalue weighted by Gasteiger charge is -2.26. The van der Waals surface area contributed by atoms with E-state index in [9.17, 15) is 13.2 Å². The Bertz CT molecular complexity index is 1290. The van der Waals surface area contributed by atoms with Gasteiger partial charge in [0.25, 0.3) is 10.0 Å². The molecule has 8 nitrogen and oxygen atoms in total. The van der Waals surface area contributed by atoms with Crippen molar-refractivity contribution in [2.24, 2.45) is 0 Å². The van der Waals surface area contributed by atoms with E-state index in [2.05, 4.69) is 5.32 Å². The summed E-state index contributed by atoms with van der Waals surface area (Å²) in [4.78, 5) is 13.1. The molecule has 0 spiro atoms. The van der Waals surface area contributed by atoms with Gasteiger partial charge in [-0.1, -0.05) is 23.8 Å². The Morgan fingerprint density at radius 3 is 2.31 bits per heavy atom. The molecule has 1 aliphatic rings. The number of carbonyl (C=O) groups is 1. The molecule has 0 bridgehead atoms. The number of carbonyl (C=O) groups excluding carboxylic acids is 1. The SMILES string of the molecule is COc1ccc(S(=O)(=O)N(CC(=O)N[C@H](C)c2ccc3c(c2)OCCO3)c2ccc(C)cc2)cc1.